The van der Waals surface area contributed by atoms with Crippen LogP contribution in [-0.4, -0.2) is 6.54 Å². The molecule has 2 aromatic rings. The van der Waals surface area contributed by atoms with Crippen LogP contribution in [0.15, 0.2) is 35.7 Å². The van der Waals surface area contributed by atoms with Crippen LogP contribution >= 0.6 is 22.9 Å². The number of aryl methyl sites for hydroxylation is 1. The van der Waals surface area contributed by atoms with Crippen molar-refractivity contribution < 1.29 is 0 Å². The van der Waals surface area contributed by atoms with Crippen molar-refractivity contribution in [3.05, 3.63) is 56.7 Å². The zero-order chi connectivity index (χ0) is 13.0. The van der Waals surface area contributed by atoms with Gasteiger partial charge in [-0.15, -0.1) is 11.3 Å². The van der Waals surface area contributed by atoms with Gasteiger partial charge >= 0.3 is 0 Å². The summed E-state index contributed by atoms with van der Waals surface area (Å²) in [6.07, 6.45) is 0.938. The van der Waals surface area contributed by atoms with Crippen LogP contribution in [-0.2, 0) is 6.42 Å². The SMILES string of the molecule is CCNC(Cc1ccc(C)cc1Cl)c1cccs1. The minimum absolute atomic E-state index is 0.357. The number of hydrogen-bond donors (Lipinski definition) is 1. The molecule has 0 saturated carbocycles. The van der Waals surface area contributed by atoms with Crippen molar-refractivity contribution in [3.63, 3.8) is 0 Å². The maximum Gasteiger partial charge on any atom is 0.0456 e. The highest BCUT2D eigenvalue weighted by atomic mass is 35.5. The lowest BCUT2D eigenvalue weighted by molar-refractivity contribution is 0.558. The van der Waals surface area contributed by atoms with E-state index in [9.17, 15) is 0 Å². The molecule has 0 bridgehead atoms. The van der Waals surface area contributed by atoms with E-state index in [1.807, 2.05) is 6.07 Å². The number of hydrogen-bond acceptors (Lipinski definition) is 2. The Morgan fingerprint density at radius 1 is 1.33 bits per heavy atom. The first kappa shape index (κ1) is 13.6. The van der Waals surface area contributed by atoms with Crippen molar-refractivity contribution in [2.45, 2.75) is 26.3 Å². The summed E-state index contributed by atoms with van der Waals surface area (Å²) in [4.78, 5) is 1.37. The number of benzene rings is 1. The summed E-state index contributed by atoms with van der Waals surface area (Å²) in [7, 11) is 0. The van der Waals surface area contributed by atoms with Crippen LogP contribution in [0.25, 0.3) is 0 Å². The fourth-order valence-corrected chi connectivity index (χ4v) is 3.16. The smallest absolute Gasteiger partial charge is 0.0456 e. The summed E-state index contributed by atoms with van der Waals surface area (Å²) in [5.74, 6) is 0. The predicted octanol–water partition coefficient (Wildman–Crippen LogP) is 4.60. The largest absolute Gasteiger partial charge is 0.309 e. The number of rotatable bonds is 5. The van der Waals surface area contributed by atoms with E-state index in [-0.39, 0.29) is 0 Å². The molecule has 0 aliphatic carbocycles. The molecule has 18 heavy (non-hydrogen) atoms. The van der Waals surface area contributed by atoms with Crippen LogP contribution in [0.2, 0.25) is 5.02 Å². The standard InChI is InChI=1S/C15H18ClNS/c1-3-17-14(15-5-4-8-18-15)10-12-7-6-11(2)9-13(12)16/h4-9,14,17H,3,10H2,1-2H3. The summed E-state index contributed by atoms with van der Waals surface area (Å²) in [6.45, 7) is 5.17. The lowest BCUT2D eigenvalue weighted by Crippen LogP contribution is -2.22. The number of nitrogens with one attached hydrogen (secondary N) is 1. The molecule has 1 nitrogen and oxygen atoms in total. The van der Waals surface area contributed by atoms with E-state index in [2.05, 4.69) is 48.8 Å². The van der Waals surface area contributed by atoms with Gasteiger partial charge in [0.25, 0.3) is 0 Å². The van der Waals surface area contributed by atoms with Crippen molar-refractivity contribution in [2.24, 2.45) is 0 Å². The molecular formula is C15H18ClNS. The van der Waals surface area contributed by atoms with Gasteiger partial charge in [-0.3, -0.25) is 0 Å². The topological polar surface area (TPSA) is 12.0 Å². The molecule has 0 spiro atoms. The van der Waals surface area contributed by atoms with Crippen LogP contribution in [0.4, 0.5) is 0 Å². The highest BCUT2D eigenvalue weighted by Gasteiger charge is 2.13. The molecule has 2 rings (SSSR count). The first-order valence-corrected chi connectivity index (χ1v) is 7.48. The number of likely N-dealkylation sites (N-methyl/N-ethyl adjacent to an activating group) is 1. The molecule has 0 aliphatic heterocycles. The lowest BCUT2D eigenvalue weighted by Gasteiger charge is -2.17. The van der Waals surface area contributed by atoms with E-state index in [4.69, 9.17) is 11.6 Å². The second-order valence-corrected chi connectivity index (χ2v) is 5.81. The van der Waals surface area contributed by atoms with E-state index in [0.717, 1.165) is 18.0 Å². The Bertz CT molecular complexity index is 493. The van der Waals surface area contributed by atoms with Crippen molar-refractivity contribution in [2.75, 3.05) is 6.54 Å². The maximum absolute atomic E-state index is 6.31. The Balaban J connectivity index is 2.18. The zero-order valence-corrected chi connectivity index (χ0v) is 12.3. The summed E-state index contributed by atoms with van der Waals surface area (Å²) < 4.78 is 0. The van der Waals surface area contributed by atoms with E-state index >= 15 is 0 Å². The molecule has 0 amide bonds. The fourth-order valence-electron chi connectivity index (χ4n) is 2.05. The monoisotopic (exact) mass is 279 g/mol. The van der Waals surface area contributed by atoms with E-state index in [1.54, 1.807) is 11.3 Å². The number of halogens is 1. The quantitative estimate of drug-likeness (QED) is 0.843. The molecule has 96 valence electrons. The minimum Gasteiger partial charge on any atom is -0.309 e. The minimum atomic E-state index is 0.357. The molecule has 0 saturated heterocycles. The molecular weight excluding hydrogens is 262 g/mol. The molecule has 1 atom stereocenters. The van der Waals surface area contributed by atoms with Gasteiger partial charge in [-0.25, -0.2) is 0 Å². The summed E-state index contributed by atoms with van der Waals surface area (Å²) in [5, 5.41) is 6.52. The molecule has 3 heteroatoms. The van der Waals surface area contributed by atoms with Gasteiger partial charge in [-0.2, -0.15) is 0 Å². The average molecular weight is 280 g/mol. The first-order chi connectivity index (χ1) is 8.70. The molecule has 1 aromatic carbocycles. The van der Waals surface area contributed by atoms with E-state index in [1.165, 1.54) is 16.0 Å². The molecule has 1 aromatic heterocycles. The third kappa shape index (κ3) is 3.35. The Hall–Kier alpha value is -0.830. The normalized spacial score (nSPS) is 12.6. The molecule has 1 heterocycles. The number of thiophene rings is 1. The molecule has 0 radical (unpaired) electrons. The molecule has 0 fully saturated rings. The Morgan fingerprint density at radius 3 is 2.78 bits per heavy atom. The van der Waals surface area contributed by atoms with Gasteiger partial charge in [-0.1, -0.05) is 36.7 Å². The molecule has 0 aliphatic rings. The second-order valence-electron chi connectivity index (χ2n) is 4.42. The van der Waals surface area contributed by atoms with Gasteiger partial charge in [-0.05, 0) is 48.5 Å². The maximum atomic E-state index is 6.31. The van der Waals surface area contributed by atoms with Crippen molar-refractivity contribution in [1.82, 2.24) is 5.32 Å². The Morgan fingerprint density at radius 2 is 2.17 bits per heavy atom. The zero-order valence-electron chi connectivity index (χ0n) is 10.7. The van der Waals surface area contributed by atoms with Crippen molar-refractivity contribution in [3.8, 4) is 0 Å². The average Bonchev–Trinajstić information content (AvgIpc) is 2.85. The lowest BCUT2D eigenvalue weighted by atomic mass is 10.0. The van der Waals surface area contributed by atoms with Gasteiger partial charge in [0.2, 0.25) is 0 Å². The molecule has 1 N–H and O–H groups in total. The van der Waals surface area contributed by atoms with Gasteiger partial charge in [0.15, 0.2) is 0 Å². The van der Waals surface area contributed by atoms with Crippen LogP contribution in [0, 0.1) is 6.92 Å². The van der Waals surface area contributed by atoms with Crippen LogP contribution in [0.5, 0.6) is 0 Å². The highest BCUT2D eigenvalue weighted by molar-refractivity contribution is 7.10. The van der Waals surface area contributed by atoms with Gasteiger partial charge in [0.05, 0.1) is 0 Å². The Kier molecular flexibility index (Phi) is 4.81. The van der Waals surface area contributed by atoms with Crippen molar-refractivity contribution >= 4 is 22.9 Å². The third-order valence-electron chi connectivity index (χ3n) is 2.97. The van der Waals surface area contributed by atoms with Crippen LogP contribution in [0.3, 0.4) is 0 Å². The van der Waals surface area contributed by atoms with Crippen LogP contribution in [0.1, 0.15) is 29.0 Å². The second kappa shape index (κ2) is 6.37. The fraction of sp³-hybridized carbons (Fsp3) is 0.333. The summed E-state index contributed by atoms with van der Waals surface area (Å²) >= 11 is 8.10. The Labute approximate surface area is 118 Å². The summed E-state index contributed by atoms with van der Waals surface area (Å²) in [5.41, 5.74) is 2.42. The molecule has 1 unspecified atom stereocenters. The van der Waals surface area contributed by atoms with Gasteiger partial charge < -0.3 is 5.32 Å². The van der Waals surface area contributed by atoms with Gasteiger partial charge in [0, 0.05) is 15.9 Å². The van der Waals surface area contributed by atoms with Gasteiger partial charge in [0.1, 0.15) is 0 Å². The summed E-state index contributed by atoms with van der Waals surface area (Å²) in [6, 6.07) is 10.9. The first-order valence-electron chi connectivity index (χ1n) is 6.22. The van der Waals surface area contributed by atoms with E-state index < -0.39 is 0 Å². The third-order valence-corrected chi connectivity index (χ3v) is 4.31. The van der Waals surface area contributed by atoms with Crippen molar-refractivity contribution in [1.29, 1.82) is 0 Å². The highest BCUT2D eigenvalue weighted by Crippen LogP contribution is 2.26. The van der Waals surface area contributed by atoms with Crippen LogP contribution < -0.4 is 5.32 Å². The van der Waals surface area contributed by atoms with E-state index in [0.29, 0.717) is 6.04 Å². The predicted molar refractivity (Wildman–Crippen MR) is 80.6 cm³/mol.